The first kappa shape index (κ1) is 24.8. The van der Waals surface area contributed by atoms with Crippen LogP contribution in [0.3, 0.4) is 0 Å². The van der Waals surface area contributed by atoms with Crippen LogP contribution in [0.5, 0.6) is 5.75 Å². The minimum absolute atomic E-state index is 0.0430. The summed E-state index contributed by atoms with van der Waals surface area (Å²) in [6.07, 6.45) is 1.61. The lowest BCUT2D eigenvalue weighted by Crippen LogP contribution is -2.34. The molecule has 0 aliphatic heterocycles. The van der Waals surface area contributed by atoms with Crippen LogP contribution in [0.25, 0.3) is 0 Å². The number of nitrogens with one attached hydrogen (secondary N) is 2. The number of allylic oxidation sites excluding steroid dienone is 1. The van der Waals surface area contributed by atoms with Crippen LogP contribution >= 0.6 is 11.8 Å². The number of hydrogen-bond acceptors (Lipinski definition) is 6. The molecule has 178 valence electrons. The molecule has 2 aromatic carbocycles. The average Bonchev–Trinajstić information content (AvgIpc) is 3.20. The largest absolute Gasteiger partial charge is 0.483 e. The summed E-state index contributed by atoms with van der Waals surface area (Å²) in [6.45, 7) is 3.62. The molecular weight excluding hydrogens is 471 g/mol. The molecule has 2 amide bonds. The number of carbonyl (C=O) groups excluding carboxylic acids is 2. The Kier molecular flexibility index (Phi) is 8.68. The van der Waals surface area contributed by atoms with Gasteiger partial charge in [-0.1, -0.05) is 30.0 Å². The first-order valence-electron chi connectivity index (χ1n) is 9.92. The predicted molar refractivity (Wildman–Crippen MR) is 120 cm³/mol. The summed E-state index contributed by atoms with van der Waals surface area (Å²) in [5, 5.41) is 13.3. The molecule has 0 aliphatic rings. The Morgan fingerprint density at radius 3 is 2.59 bits per heavy atom. The maximum atomic E-state index is 13.7. The fraction of sp³-hybridized carbons (Fsp3) is 0.182. The van der Waals surface area contributed by atoms with Crippen molar-refractivity contribution in [3.63, 3.8) is 0 Å². The van der Waals surface area contributed by atoms with Gasteiger partial charge in [0.2, 0.25) is 11.8 Å². The Morgan fingerprint density at radius 1 is 1.06 bits per heavy atom. The molecule has 0 saturated heterocycles. The molecule has 0 aliphatic carbocycles. The number of benzene rings is 2. The first-order valence-corrected chi connectivity index (χ1v) is 10.9. The minimum atomic E-state index is -1.10. The summed E-state index contributed by atoms with van der Waals surface area (Å²) < 4.78 is 47.0. The van der Waals surface area contributed by atoms with Crippen LogP contribution in [0.2, 0.25) is 0 Å². The fourth-order valence-electron chi connectivity index (χ4n) is 2.69. The third-order valence-corrected chi connectivity index (χ3v) is 5.25. The fourth-order valence-corrected chi connectivity index (χ4v) is 3.48. The quantitative estimate of drug-likeness (QED) is 0.316. The monoisotopic (exact) mass is 491 g/mol. The Bertz CT molecular complexity index is 1190. The van der Waals surface area contributed by atoms with E-state index in [1.165, 1.54) is 18.2 Å². The summed E-state index contributed by atoms with van der Waals surface area (Å²) in [5.74, 6) is -3.27. The van der Waals surface area contributed by atoms with Gasteiger partial charge in [0.05, 0.1) is 12.3 Å². The normalized spacial score (nSPS) is 10.6. The molecule has 1 heterocycles. The molecule has 1 aromatic heterocycles. The number of nitrogens with zero attached hydrogens (tertiary/aromatic N) is 3. The molecule has 3 rings (SSSR count). The number of para-hydroxylation sites is 1. The minimum Gasteiger partial charge on any atom is -0.483 e. The van der Waals surface area contributed by atoms with Crippen molar-refractivity contribution in [1.82, 2.24) is 20.1 Å². The molecule has 0 radical (unpaired) electrons. The summed E-state index contributed by atoms with van der Waals surface area (Å²) in [7, 11) is 0. The van der Waals surface area contributed by atoms with Crippen LogP contribution in [0.4, 0.5) is 18.9 Å². The maximum Gasteiger partial charge on any atom is 0.243 e. The van der Waals surface area contributed by atoms with Gasteiger partial charge in [-0.2, -0.15) is 0 Å². The molecule has 0 saturated carbocycles. The van der Waals surface area contributed by atoms with Crippen molar-refractivity contribution < 1.29 is 27.5 Å². The highest BCUT2D eigenvalue weighted by Gasteiger charge is 2.15. The molecule has 0 bridgehead atoms. The number of aromatic nitrogens is 3. The van der Waals surface area contributed by atoms with Gasteiger partial charge in [0, 0.05) is 18.3 Å². The number of rotatable bonds is 11. The first-order chi connectivity index (χ1) is 16.4. The molecule has 3 aromatic rings. The lowest BCUT2D eigenvalue weighted by molar-refractivity contribution is -0.122. The number of amides is 2. The second kappa shape index (κ2) is 11.9. The maximum absolute atomic E-state index is 13.7. The molecule has 2 N–H and O–H groups in total. The molecule has 0 spiro atoms. The van der Waals surface area contributed by atoms with Crippen LogP contribution in [-0.2, 0) is 22.7 Å². The van der Waals surface area contributed by atoms with Crippen molar-refractivity contribution in [2.24, 2.45) is 0 Å². The highest BCUT2D eigenvalue weighted by atomic mass is 32.2. The van der Waals surface area contributed by atoms with Crippen LogP contribution < -0.4 is 15.4 Å². The number of anilines is 1. The van der Waals surface area contributed by atoms with Crippen LogP contribution in [0.1, 0.15) is 5.82 Å². The smallest absolute Gasteiger partial charge is 0.243 e. The van der Waals surface area contributed by atoms with Crippen molar-refractivity contribution in [3.8, 4) is 5.75 Å². The second-order valence-corrected chi connectivity index (χ2v) is 7.70. The van der Waals surface area contributed by atoms with Gasteiger partial charge in [-0.15, -0.1) is 16.8 Å². The topological polar surface area (TPSA) is 98.1 Å². The molecule has 34 heavy (non-hydrogen) atoms. The average molecular weight is 491 g/mol. The van der Waals surface area contributed by atoms with E-state index in [-0.39, 0.29) is 30.3 Å². The van der Waals surface area contributed by atoms with Crippen LogP contribution in [0.15, 0.2) is 60.3 Å². The molecule has 0 unspecified atom stereocenters. The molecule has 0 fully saturated rings. The molecule has 12 heteroatoms. The number of thioether (sulfide) groups is 1. The molecular formula is C22H20F3N5O3S. The highest BCUT2D eigenvalue weighted by molar-refractivity contribution is 7.99. The van der Waals surface area contributed by atoms with E-state index in [1.807, 2.05) is 0 Å². The molecule has 8 nitrogen and oxygen atoms in total. The van der Waals surface area contributed by atoms with Gasteiger partial charge < -0.3 is 15.4 Å². The Balaban J connectivity index is 1.50. The lowest BCUT2D eigenvalue weighted by atomic mass is 10.3. The number of ether oxygens (including phenoxy) is 1. The van der Waals surface area contributed by atoms with E-state index in [2.05, 4.69) is 27.4 Å². The highest BCUT2D eigenvalue weighted by Crippen LogP contribution is 2.20. The van der Waals surface area contributed by atoms with Crippen molar-refractivity contribution in [2.75, 3.05) is 17.6 Å². The zero-order valence-electron chi connectivity index (χ0n) is 17.8. The van der Waals surface area contributed by atoms with Crippen molar-refractivity contribution in [2.45, 2.75) is 18.3 Å². The van der Waals surface area contributed by atoms with Gasteiger partial charge in [0.25, 0.3) is 0 Å². The van der Waals surface area contributed by atoms with E-state index < -0.39 is 29.3 Å². The van der Waals surface area contributed by atoms with Crippen molar-refractivity contribution in [1.29, 1.82) is 0 Å². The van der Waals surface area contributed by atoms with E-state index in [9.17, 15) is 22.8 Å². The third-order valence-electron chi connectivity index (χ3n) is 4.28. The van der Waals surface area contributed by atoms with Gasteiger partial charge in [-0.05, 0) is 24.3 Å². The Morgan fingerprint density at radius 2 is 1.85 bits per heavy atom. The number of carbonyl (C=O) groups is 2. The van der Waals surface area contributed by atoms with Gasteiger partial charge in [-0.25, -0.2) is 13.2 Å². The SMILES string of the molecule is C=CCn1c(COc2ccccc2F)nnc1SCC(=O)NCC(=O)Nc1ccc(F)c(F)c1. The van der Waals surface area contributed by atoms with Gasteiger partial charge >= 0.3 is 0 Å². The number of halogens is 3. The van der Waals surface area contributed by atoms with E-state index in [0.29, 0.717) is 17.5 Å². The summed E-state index contributed by atoms with van der Waals surface area (Å²) in [5.41, 5.74) is 0.0650. The van der Waals surface area contributed by atoms with Crippen molar-refractivity contribution in [3.05, 3.63) is 78.4 Å². The van der Waals surface area contributed by atoms with E-state index in [0.717, 1.165) is 23.9 Å². The Hall–Kier alpha value is -3.80. The molecule has 0 atom stereocenters. The predicted octanol–water partition coefficient (Wildman–Crippen LogP) is 3.31. The van der Waals surface area contributed by atoms with Crippen LogP contribution in [-0.4, -0.2) is 38.9 Å². The summed E-state index contributed by atoms with van der Waals surface area (Å²) in [4.78, 5) is 24.0. The van der Waals surface area contributed by atoms with Gasteiger partial charge in [0.1, 0.15) is 6.61 Å². The van der Waals surface area contributed by atoms with Gasteiger partial charge in [0.15, 0.2) is 34.2 Å². The standard InChI is InChI=1S/C22H20F3N5O3S/c1-2-9-30-19(12-33-18-6-4-3-5-16(18)24)28-29-22(30)34-13-21(32)26-11-20(31)27-14-7-8-15(23)17(25)10-14/h2-8,10H,1,9,11-13H2,(H,26,32)(H,27,31). The van der Waals surface area contributed by atoms with Gasteiger partial charge in [-0.3, -0.25) is 14.2 Å². The lowest BCUT2D eigenvalue weighted by Gasteiger charge is -2.10. The van der Waals surface area contributed by atoms with Crippen LogP contribution in [0, 0.1) is 17.5 Å². The second-order valence-electron chi connectivity index (χ2n) is 6.76. The zero-order valence-corrected chi connectivity index (χ0v) is 18.6. The van der Waals surface area contributed by atoms with E-state index in [4.69, 9.17) is 4.74 Å². The number of hydrogen-bond donors (Lipinski definition) is 2. The summed E-state index contributed by atoms with van der Waals surface area (Å²) >= 11 is 1.08. The van der Waals surface area contributed by atoms with E-state index >= 15 is 0 Å². The Labute approximate surface area is 197 Å². The third kappa shape index (κ3) is 6.85. The van der Waals surface area contributed by atoms with E-state index in [1.54, 1.807) is 22.8 Å². The van der Waals surface area contributed by atoms with Crippen molar-refractivity contribution >= 4 is 29.3 Å². The summed E-state index contributed by atoms with van der Waals surface area (Å²) in [6, 6.07) is 8.89. The zero-order chi connectivity index (χ0) is 24.5.